The highest BCUT2D eigenvalue weighted by atomic mass is 16.5. The molecule has 0 saturated heterocycles. The van der Waals surface area contributed by atoms with Gasteiger partial charge in [-0.2, -0.15) is 4.98 Å². The largest absolute Gasteiger partial charge is 0.495 e. The summed E-state index contributed by atoms with van der Waals surface area (Å²) in [5, 5.41) is 16.5. The summed E-state index contributed by atoms with van der Waals surface area (Å²) in [5.41, 5.74) is 1.26. The number of ether oxygens (including phenoxy) is 1. The van der Waals surface area contributed by atoms with E-state index in [-0.39, 0.29) is 23.8 Å². The van der Waals surface area contributed by atoms with Crippen molar-refractivity contribution in [2.75, 3.05) is 42.4 Å². The van der Waals surface area contributed by atoms with Crippen molar-refractivity contribution in [2.24, 2.45) is 11.3 Å². The minimum atomic E-state index is -0.555. The van der Waals surface area contributed by atoms with Crippen molar-refractivity contribution in [1.29, 1.82) is 0 Å². The summed E-state index contributed by atoms with van der Waals surface area (Å²) < 4.78 is 5.61. The van der Waals surface area contributed by atoms with E-state index in [9.17, 15) is 14.7 Å². The van der Waals surface area contributed by atoms with Crippen LogP contribution < -0.4 is 25.2 Å². The fourth-order valence-corrected chi connectivity index (χ4v) is 6.33. The van der Waals surface area contributed by atoms with Gasteiger partial charge in [0.2, 0.25) is 11.9 Å². The number of carbonyl (C=O) groups excluding carboxylic acids is 2. The van der Waals surface area contributed by atoms with Crippen LogP contribution in [0.2, 0.25) is 0 Å². The number of benzene rings is 1. The number of hydrogen-bond acceptors (Lipinski definition) is 8. The maximum Gasteiger partial charge on any atom is 0.251 e. The number of anilines is 4. The van der Waals surface area contributed by atoms with Gasteiger partial charge in [-0.1, -0.05) is 25.7 Å². The Labute approximate surface area is 236 Å². The van der Waals surface area contributed by atoms with E-state index in [2.05, 4.69) is 20.5 Å². The Kier molecular flexibility index (Phi) is 8.16. The normalized spacial score (nSPS) is 23.0. The van der Waals surface area contributed by atoms with E-state index >= 15 is 0 Å². The molecule has 0 unspecified atom stereocenters. The standard InChI is InChI=1S/C30H42N6O4/c1-30(2)18-36(21-10-6-7-11-21)26-23(35(3)28(30)39)17-32-29(34-26)33-22-14-13-19(15-25(22)40-4)27(38)31-16-20-9-5-8-12-24(20)37/h13-15,17,20-21,24,37H,5-12,16,18H2,1-4H3,(H,31,38)(H,32,33,34)/t20-,24+/m0/s1. The number of nitrogens with one attached hydrogen (secondary N) is 2. The Hall–Kier alpha value is -3.40. The number of nitrogens with zero attached hydrogens (tertiary/aromatic N) is 4. The number of methoxy groups -OCH3 is 1. The Morgan fingerprint density at radius 3 is 2.60 bits per heavy atom. The Balaban J connectivity index is 1.36. The second-order valence-electron chi connectivity index (χ2n) is 12.1. The van der Waals surface area contributed by atoms with Crippen LogP contribution in [0.25, 0.3) is 0 Å². The molecule has 10 nitrogen and oxygen atoms in total. The molecule has 3 N–H and O–H groups in total. The molecule has 3 aliphatic rings. The monoisotopic (exact) mass is 550 g/mol. The van der Waals surface area contributed by atoms with Gasteiger partial charge in [0.1, 0.15) is 11.4 Å². The SMILES string of the molecule is COc1cc(C(=O)NC[C@@H]2CCCC[C@H]2O)ccc1Nc1ncc2c(n1)N(C1CCCC1)CC(C)(C)C(=O)N2C. The fraction of sp³-hybridized carbons (Fsp3) is 0.600. The molecule has 0 spiro atoms. The van der Waals surface area contributed by atoms with Crippen molar-refractivity contribution in [3.63, 3.8) is 0 Å². The first-order valence-corrected chi connectivity index (χ1v) is 14.5. The van der Waals surface area contributed by atoms with Crippen LogP contribution in [-0.2, 0) is 4.79 Å². The molecule has 2 aliphatic carbocycles. The number of aromatic nitrogens is 2. The van der Waals surface area contributed by atoms with Crippen LogP contribution in [0.5, 0.6) is 5.75 Å². The fourth-order valence-electron chi connectivity index (χ4n) is 6.33. The van der Waals surface area contributed by atoms with E-state index in [4.69, 9.17) is 9.72 Å². The van der Waals surface area contributed by atoms with Crippen molar-refractivity contribution in [3.8, 4) is 5.75 Å². The summed E-state index contributed by atoms with van der Waals surface area (Å²) in [4.78, 5) is 39.6. The molecule has 0 radical (unpaired) electrons. The predicted molar refractivity (Wildman–Crippen MR) is 155 cm³/mol. The first kappa shape index (κ1) is 28.1. The number of aliphatic hydroxyl groups is 1. The van der Waals surface area contributed by atoms with Gasteiger partial charge in [-0.25, -0.2) is 4.98 Å². The van der Waals surface area contributed by atoms with Crippen molar-refractivity contribution < 1.29 is 19.4 Å². The average molecular weight is 551 g/mol. The summed E-state index contributed by atoms with van der Waals surface area (Å²) in [6.45, 7) is 5.03. The Morgan fingerprint density at radius 1 is 1.15 bits per heavy atom. The van der Waals surface area contributed by atoms with Crippen LogP contribution >= 0.6 is 0 Å². The van der Waals surface area contributed by atoms with E-state index in [0.717, 1.165) is 44.3 Å². The lowest BCUT2D eigenvalue weighted by Gasteiger charge is -2.34. The smallest absolute Gasteiger partial charge is 0.251 e. The third kappa shape index (κ3) is 5.73. The second-order valence-corrected chi connectivity index (χ2v) is 12.1. The molecule has 10 heteroatoms. The van der Waals surface area contributed by atoms with Crippen molar-refractivity contribution in [3.05, 3.63) is 30.0 Å². The van der Waals surface area contributed by atoms with Crippen molar-refractivity contribution >= 4 is 35.0 Å². The van der Waals surface area contributed by atoms with Crippen LogP contribution in [-0.4, -0.2) is 66.3 Å². The minimum Gasteiger partial charge on any atom is -0.495 e. The van der Waals surface area contributed by atoms with E-state index in [0.29, 0.717) is 47.8 Å². The number of fused-ring (bicyclic) bond motifs is 1. The molecule has 216 valence electrons. The summed E-state index contributed by atoms with van der Waals surface area (Å²) in [6, 6.07) is 5.55. The molecule has 1 aromatic carbocycles. The molecular formula is C30H42N6O4. The maximum absolute atomic E-state index is 13.3. The molecule has 40 heavy (non-hydrogen) atoms. The quantitative estimate of drug-likeness (QED) is 0.468. The molecule has 1 aromatic heterocycles. The van der Waals surface area contributed by atoms with E-state index in [1.807, 2.05) is 13.8 Å². The van der Waals surface area contributed by atoms with Gasteiger partial charge < -0.3 is 30.3 Å². The van der Waals surface area contributed by atoms with E-state index in [1.54, 1.807) is 43.5 Å². The lowest BCUT2D eigenvalue weighted by Crippen LogP contribution is -2.45. The number of aliphatic hydroxyl groups excluding tert-OH is 1. The lowest BCUT2D eigenvalue weighted by molar-refractivity contribution is -0.125. The first-order chi connectivity index (χ1) is 19.2. The van der Waals surface area contributed by atoms with Gasteiger partial charge >= 0.3 is 0 Å². The third-order valence-electron chi connectivity index (χ3n) is 8.70. The van der Waals surface area contributed by atoms with Gasteiger partial charge in [0.15, 0.2) is 5.82 Å². The number of carbonyl (C=O) groups is 2. The Morgan fingerprint density at radius 2 is 1.88 bits per heavy atom. The van der Waals surface area contributed by atoms with Crippen LogP contribution in [0, 0.1) is 11.3 Å². The van der Waals surface area contributed by atoms with Crippen molar-refractivity contribution in [2.45, 2.75) is 77.4 Å². The zero-order valence-corrected chi connectivity index (χ0v) is 24.1. The average Bonchev–Trinajstić information content (AvgIpc) is 3.47. The molecule has 5 rings (SSSR count). The zero-order valence-electron chi connectivity index (χ0n) is 24.1. The molecule has 2 aromatic rings. The van der Waals surface area contributed by atoms with Gasteiger partial charge in [-0.15, -0.1) is 0 Å². The minimum absolute atomic E-state index is 0.0482. The van der Waals surface area contributed by atoms with E-state index < -0.39 is 5.41 Å². The molecule has 2 fully saturated rings. The molecule has 2 saturated carbocycles. The zero-order chi connectivity index (χ0) is 28.4. The number of hydrogen-bond donors (Lipinski definition) is 3. The molecule has 2 amide bonds. The highest BCUT2D eigenvalue weighted by Crippen LogP contribution is 2.40. The van der Waals surface area contributed by atoms with Crippen LogP contribution in [0.3, 0.4) is 0 Å². The Bertz CT molecular complexity index is 1240. The van der Waals surface area contributed by atoms with Crippen LogP contribution in [0.1, 0.15) is 75.6 Å². The van der Waals surface area contributed by atoms with Gasteiger partial charge in [0.05, 0.1) is 30.5 Å². The molecular weight excluding hydrogens is 508 g/mol. The van der Waals surface area contributed by atoms with Crippen LogP contribution in [0.15, 0.2) is 24.4 Å². The van der Waals surface area contributed by atoms with Gasteiger partial charge in [-0.3, -0.25) is 9.59 Å². The van der Waals surface area contributed by atoms with E-state index in [1.165, 1.54) is 12.8 Å². The summed E-state index contributed by atoms with van der Waals surface area (Å²) in [6.07, 6.45) is 9.70. The van der Waals surface area contributed by atoms with Gasteiger partial charge in [0.25, 0.3) is 5.91 Å². The number of amides is 2. The first-order valence-electron chi connectivity index (χ1n) is 14.5. The molecule has 2 atom stereocenters. The summed E-state index contributed by atoms with van der Waals surface area (Å²) in [5.74, 6) is 1.58. The van der Waals surface area contributed by atoms with Crippen LogP contribution in [0.4, 0.5) is 23.1 Å². The van der Waals surface area contributed by atoms with Gasteiger partial charge in [-0.05, 0) is 57.7 Å². The summed E-state index contributed by atoms with van der Waals surface area (Å²) >= 11 is 0. The maximum atomic E-state index is 13.3. The highest BCUT2D eigenvalue weighted by Gasteiger charge is 2.41. The molecule has 0 bridgehead atoms. The number of rotatable bonds is 7. The molecule has 2 heterocycles. The summed E-state index contributed by atoms with van der Waals surface area (Å²) in [7, 11) is 3.35. The topological polar surface area (TPSA) is 120 Å². The predicted octanol–water partition coefficient (Wildman–Crippen LogP) is 4.26. The highest BCUT2D eigenvalue weighted by molar-refractivity contribution is 6.01. The second kappa shape index (κ2) is 11.6. The van der Waals surface area contributed by atoms with Crippen molar-refractivity contribution in [1.82, 2.24) is 15.3 Å². The lowest BCUT2D eigenvalue weighted by atomic mass is 9.86. The third-order valence-corrected chi connectivity index (χ3v) is 8.70. The van der Waals surface area contributed by atoms with Gasteiger partial charge in [0, 0.05) is 37.7 Å². The molecule has 1 aliphatic heterocycles.